The molecule has 0 heterocycles. The van der Waals surface area contributed by atoms with E-state index in [0.717, 1.165) is 6.26 Å². The molecule has 116 valence electrons. The van der Waals surface area contributed by atoms with Crippen LogP contribution in [0.4, 0.5) is 0 Å². The fourth-order valence-corrected chi connectivity index (χ4v) is 2.33. The molecule has 0 aliphatic heterocycles. The van der Waals surface area contributed by atoms with E-state index < -0.39 is 28.0 Å². The molecule has 8 heteroatoms. The summed E-state index contributed by atoms with van der Waals surface area (Å²) >= 11 is 0. The van der Waals surface area contributed by atoms with E-state index in [1.165, 1.54) is 24.3 Å². The van der Waals surface area contributed by atoms with Crippen LogP contribution in [0.5, 0.6) is 0 Å². The smallest absolute Gasteiger partial charge is 0.331 e. The molecule has 21 heavy (non-hydrogen) atoms. The van der Waals surface area contributed by atoms with Crippen molar-refractivity contribution in [2.24, 2.45) is 0 Å². The highest BCUT2D eigenvalue weighted by atomic mass is 32.2. The number of hydrogen-bond acceptors (Lipinski definition) is 6. The summed E-state index contributed by atoms with van der Waals surface area (Å²) in [6.07, 6.45) is 0.00610. The van der Waals surface area contributed by atoms with Crippen LogP contribution in [0.15, 0.2) is 29.2 Å². The minimum absolute atomic E-state index is 0.0921. The summed E-state index contributed by atoms with van der Waals surface area (Å²) < 4.78 is 27.5. The molecule has 0 aromatic heterocycles. The highest BCUT2D eigenvalue weighted by Crippen LogP contribution is 2.20. The summed E-state index contributed by atoms with van der Waals surface area (Å²) in [5.74, 6) is -0.774. The standard InChI is InChI=1S/C13H17NO6S/c1-3-20-13(17)11(14-8-15)12(16)9-4-6-10(7-5-9)21(2,18)19/h4-8,11-12,16H,3H2,1-2H3,(H,14,15)/t11-,12+/m0/s1. The predicted molar refractivity (Wildman–Crippen MR) is 74.1 cm³/mol. The lowest BCUT2D eigenvalue weighted by Crippen LogP contribution is -2.42. The minimum Gasteiger partial charge on any atom is -0.464 e. The third-order valence-electron chi connectivity index (χ3n) is 2.75. The summed E-state index contributed by atoms with van der Waals surface area (Å²) in [7, 11) is -3.35. The van der Waals surface area contributed by atoms with Gasteiger partial charge in [0.1, 0.15) is 6.10 Å². The lowest BCUT2D eigenvalue weighted by Gasteiger charge is -2.21. The number of esters is 1. The molecule has 0 spiro atoms. The minimum atomic E-state index is -3.35. The average molecular weight is 315 g/mol. The molecule has 0 radical (unpaired) electrons. The molecule has 1 aromatic carbocycles. The number of hydrogen-bond donors (Lipinski definition) is 2. The molecule has 1 aromatic rings. The second kappa shape index (κ2) is 7.19. The topological polar surface area (TPSA) is 110 Å². The van der Waals surface area contributed by atoms with Crippen LogP contribution in [0.2, 0.25) is 0 Å². The highest BCUT2D eigenvalue weighted by molar-refractivity contribution is 7.90. The van der Waals surface area contributed by atoms with Crippen LogP contribution < -0.4 is 5.32 Å². The monoisotopic (exact) mass is 315 g/mol. The number of benzene rings is 1. The fourth-order valence-electron chi connectivity index (χ4n) is 1.70. The first-order valence-electron chi connectivity index (χ1n) is 6.15. The van der Waals surface area contributed by atoms with Crippen molar-refractivity contribution in [1.29, 1.82) is 0 Å². The van der Waals surface area contributed by atoms with Gasteiger partial charge in [-0.15, -0.1) is 0 Å². The van der Waals surface area contributed by atoms with Crippen LogP contribution in [0.25, 0.3) is 0 Å². The molecule has 0 saturated heterocycles. The zero-order valence-corrected chi connectivity index (χ0v) is 12.5. The quantitative estimate of drug-likeness (QED) is 0.533. The van der Waals surface area contributed by atoms with Crippen LogP contribution >= 0.6 is 0 Å². The van der Waals surface area contributed by atoms with Gasteiger partial charge in [-0.05, 0) is 24.6 Å². The van der Waals surface area contributed by atoms with Crippen LogP contribution in [0.3, 0.4) is 0 Å². The average Bonchev–Trinajstić information content (AvgIpc) is 2.43. The van der Waals surface area contributed by atoms with E-state index in [9.17, 15) is 23.1 Å². The van der Waals surface area contributed by atoms with Gasteiger partial charge in [0, 0.05) is 6.26 Å². The molecule has 0 aliphatic rings. The number of aliphatic hydroxyl groups is 1. The summed E-state index contributed by atoms with van der Waals surface area (Å²) in [4.78, 5) is 22.3. The predicted octanol–water partition coefficient (Wildman–Crippen LogP) is -0.199. The first-order valence-corrected chi connectivity index (χ1v) is 8.04. The van der Waals surface area contributed by atoms with Gasteiger partial charge in [-0.25, -0.2) is 13.2 Å². The van der Waals surface area contributed by atoms with Gasteiger partial charge in [-0.3, -0.25) is 4.79 Å². The zero-order valence-electron chi connectivity index (χ0n) is 11.6. The summed E-state index contributed by atoms with van der Waals surface area (Å²) in [6.45, 7) is 1.71. The van der Waals surface area contributed by atoms with E-state index in [1.807, 2.05) is 0 Å². The normalized spacial score (nSPS) is 14.0. The van der Waals surface area contributed by atoms with Gasteiger partial charge in [0.05, 0.1) is 11.5 Å². The van der Waals surface area contributed by atoms with Crippen molar-refractivity contribution in [3.63, 3.8) is 0 Å². The van der Waals surface area contributed by atoms with Crippen molar-refractivity contribution in [3.8, 4) is 0 Å². The lowest BCUT2D eigenvalue weighted by atomic mass is 10.0. The molecule has 0 bridgehead atoms. The van der Waals surface area contributed by atoms with Gasteiger partial charge in [-0.2, -0.15) is 0 Å². The molecule has 2 N–H and O–H groups in total. The van der Waals surface area contributed by atoms with Crippen molar-refractivity contribution in [1.82, 2.24) is 5.32 Å². The number of carbonyl (C=O) groups is 2. The third kappa shape index (κ3) is 4.54. The first kappa shape index (κ1) is 17.1. The van der Waals surface area contributed by atoms with Crippen molar-refractivity contribution in [2.45, 2.75) is 24.0 Å². The molecule has 2 atom stereocenters. The van der Waals surface area contributed by atoms with Gasteiger partial charge in [-0.1, -0.05) is 12.1 Å². The molecular formula is C13H17NO6S. The van der Waals surface area contributed by atoms with Gasteiger partial charge in [0.15, 0.2) is 15.9 Å². The summed E-state index contributed by atoms with van der Waals surface area (Å²) in [6, 6.07) is 4.12. The number of sulfone groups is 1. The zero-order chi connectivity index (χ0) is 16.0. The van der Waals surface area contributed by atoms with E-state index in [0.29, 0.717) is 0 Å². The van der Waals surface area contributed by atoms with Crippen LogP contribution in [-0.4, -0.2) is 44.8 Å². The summed E-state index contributed by atoms with van der Waals surface area (Å²) in [5, 5.41) is 12.3. The Morgan fingerprint density at radius 2 is 1.95 bits per heavy atom. The molecule has 0 saturated carbocycles. The van der Waals surface area contributed by atoms with Crippen molar-refractivity contribution in [3.05, 3.63) is 29.8 Å². The van der Waals surface area contributed by atoms with Crippen molar-refractivity contribution in [2.75, 3.05) is 12.9 Å². The molecule has 0 unspecified atom stereocenters. The lowest BCUT2D eigenvalue weighted by molar-refractivity contribution is -0.149. The largest absolute Gasteiger partial charge is 0.464 e. The van der Waals surface area contributed by atoms with Crippen LogP contribution in [0, 0.1) is 0 Å². The Bertz CT molecular complexity index is 596. The number of carbonyl (C=O) groups excluding carboxylic acids is 2. The number of aliphatic hydroxyl groups excluding tert-OH is 1. The van der Waals surface area contributed by atoms with E-state index in [2.05, 4.69) is 5.32 Å². The molecule has 0 fully saturated rings. The molecular weight excluding hydrogens is 298 g/mol. The SMILES string of the molecule is CCOC(=O)[C@@H](NC=O)[C@H](O)c1ccc(S(C)(=O)=O)cc1. The number of amides is 1. The van der Waals surface area contributed by atoms with E-state index in [-0.39, 0.29) is 23.5 Å². The molecule has 1 amide bonds. The number of rotatable bonds is 7. The fraction of sp³-hybridized carbons (Fsp3) is 0.385. The molecule has 1 rings (SSSR count). The summed E-state index contributed by atoms with van der Waals surface area (Å²) in [5.41, 5.74) is 0.287. The van der Waals surface area contributed by atoms with Gasteiger partial charge >= 0.3 is 5.97 Å². The van der Waals surface area contributed by atoms with E-state index in [4.69, 9.17) is 4.74 Å². The van der Waals surface area contributed by atoms with Crippen LogP contribution in [0.1, 0.15) is 18.6 Å². The maximum Gasteiger partial charge on any atom is 0.331 e. The Morgan fingerprint density at radius 3 is 2.38 bits per heavy atom. The van der Waals surface area contributed by atoms with E-state index in [1.54, 1.807) is 6.92 Å². The van der Waals surface area contributed by atoms with Crippen molar-refractivity contribution < 1.29 is 27.9 Å². The Hall–Kier alpha value is -1.93. The first-order chi connectivity index (χ1) is 9.81. The highest BCUT2D eigenvalue weighted by Gasteiger charge is 2.29. The van der Waals surface area contributed by atoms with E-state index >= 15 is 0 Å². The number of nitrogens with one attached hydrogen (secondary N) is 1. The second-order valence-corrected chi connectivity index (χ2v) is 6.32. The third-order valence-corrected chi connectivity index (χ3v) is 3.88. The molecule has 0 aliphatic carbocycles. The Labute approximate surface area is 122 Å². The second-order valence-electron chi connectivity index (χ2n) is 4.30. The van der Waals surface area contributed by atoms with Gasteiger partial charge in [0.25, 0.3) is 0 Å². The number of ether oxygens (including phenoxy) is 1. The Kier molecular flexibility index (Phi) is 5.86. The van der Waals surface area contributed by atoms with Crippen molar-refractivity contribution >= 4 is 22.2 Å². The van der Waals surface area contributed by atoms with Gasteiger partial charge < -0.3 is 15.2 Å². The maximum atomic E-state index is 11.7. The maximum absolute atomic E-state index is 11.7. The van der Waals surface area contributed by atoms with Gasteiger partial charge in [0.2, 0.25) is 6.41 Å². The Morgan fingerprint density at radius 1 is 1.38 bits per heavy atom. The molecule has 7 nitrogen and oxygen atoms in total. The Balaban J connectivity index is 3.01. The van der Waals surface area contributed by atoms with Crippen LogP contribution in [-0.2, 0) is 24.2 Å².